The first-order valence-corrected chi connectivity index (χ1v) is 11.4. The van der Waals surface area contributed by atoms with E-state index in [-0.39, 0.29) is 24.5 Å². The van der Waals surface area contributed by atoms with E-state index in [1.807, 2.05) is 24.3 Å². The summed E-state index contributed by atoms with van der Waals surface area (Å²) in [7, 11) is 0. The second-order valence-corrected chi connectivity index (χ2v) is 8.03. The van der Waals surface area contributed by atoms with Gasteiger partial charge < -0.3 is 9.84 Å². The summed E-state index contributed by atoms with van der Waals surface area (Å²) in [6.07, 6.45) is 8.71. The molecule has 8 nitrogen and oxygen atoms in total. The number of carbonyl (C=O) groups is 2. The van der Waals surface area contributed by atoms with Crippen molar-refractivity contribution in [3.8, 4) is 17.1 Å². The van der Waals surface area contributed by atoms with Gasteiger partial charge in [0.25, 0.3) is 0 Å². The average molecular weight is 451 g/mol. The molecular formula is C25H30N4O4. The van der Waals surface area contributed by atoms with Crippen molar-refractivity contribution >= 4 is 11.8 Å². The third-order valence-corrected chi connectivity index (χ3v) is 5.39. The van der Waals surface area contributed by atoms with Crippen LogP contribution in [0.15, 0.2) is 48.5 Å². The molecule has 0 fully saturated rings. The van der Waals surface area contributed by atoms with Gasteiger partial charge in [0.1, 0.15) is 18.9 Å². The first-order chi connectivity index (χ1) is 16.1. The summed E-state index contributed by atoms with van der Waals surface area (Å²) in [6, 6.07) is 14.0. The SMILES string of the molecule is CCCCCCCCc1ccc(OCC(=O)Cn2nnnc2-c2ccc(C(=O)O)cc2)cc1. The number of nitrogens with zero attached hydrogens (tertiary/aromatic N) is 4. The van der Waals surface area contributed by atoms with E-state index < -0.39 is 5.97 Å². The number of aromatic carboxylic acids is 1. The molecule has 0 amide bonds. The standard InChI is InChI=1S/C25H30N4O4/c1-2-3-4-5-6-7-8-19-9-15-23(16-10-19)33-18-22(30)17-29-24(26-27-28-29)20-11-13-21(14-12-20)25(31)32/h9-16H,2-8,17-18H2,1H3,(H,31,32). The predicted molar refractivity (Wildman–Crippen MR) is 124 cm³/mol. The summed E-state index contributed by atoms with van der Waals surface area (Å²) in [5.74, 6) is -0.152. The van der Waals surface area contributed by atoms with Gasteiger partial charge in [-0.1, -0.05) is 63.3 Å². The lowest BCUT2D eigenvalue weighted by atomic mass is 10.0. The largest absolute Gasteiger partial charge is 0.486 e. The lowest BCUT2D eigenvalue weighted by molar-refractivity contribution is -0.121. The Kier molecular flexibility index (Phi) is 9.11. The van der Waals surface area contributed by atoms with Crippen LogP contribution in [-0.4, -0.2) is 43.7 Å². The normalized spacial score (nSPS) is 10.8. The number of unbranched alkanes of at least 4 members (excludes halogenated alkanes) is 5. The average Bonchev–Trinajstić information content (AvgIpc) is 3.28. The highest BCUT2D eigenvalue weighted by molar-refractivity contribution is 5.88. The van der Waals surface area contributed by atoms with E-state index in [4.69, 9.17) is 9.84 Å². The van der Waals surface area contributed by atoms with Crippen LogP contribution in [0.5, 0.6) is 5.75 Å². The fraction of sp³-hybridized carbons (Fsp3) is 0.400. The smallest absolute Gasteiger partial charge is 0.335 e. The Labute approximate surface area is 193 Å². The molecule has 174 valence electrons. The highest BCUT2D eigenvalue weighted by Crippen LogP contribution is 2.18. The van der Waals surface area contributed by atoms with Crippen molar-refractivity contribution in [2.45, 2.75) is 58.4 Å². The fourth-order valence-corrected chi connectivity index (χ4v) is 3.52. The third kappa shape index (κ3) is 7.52. The summed E-state index contributed by atoms with van der Waals surface area (Å²) in [5, 5.41) is 20.5. The molecule has 0 aliphatic heterocycles. The van der Waals surface area contributed by atoms with Gasteiger partial charge in [-0.3, -0.25) is 4.79 Å². The van der Waals surface area contributed by atoms with Crippen LogP contribution in [-0.2, 0) is 17.8 Å². The molecule has 0 saturated heterocycles. The number of aromatic nitrogens is 4. The Morgan fingerprint density at radius 2 is 1.64 bits per heavy atom. The second kappa shape index (κ2) is 12.5. The minimum Gasteiger partial charge on any atom is -0.486 e. The van der Waals surface area contributed by atoms with Gasteiger partial charge >= 0.3 is 5.97 Å². The molecular weight excluding hydrogens is 420 g/mol. The van der Waals surface area contributed by atoms with Gasteiger partial charge in [-0.15, -0.1) is 5.10 Å². The van der Waals surface area contributed by atoms with Crippen LogP contribution in [0.2, 0.25) is 0 Å². The van der Waals surface area contributed by atoms with Gasteiger partial charge in [-0.2, -0.15) is 0 Å². The molecule has 0 aliphatic rings. The fourth-order valence-electron chi connectivity index (χ4n) is 3.52. The Morgan fingerprint density at radius 1 is 0.939 bits per heavy atom. The van der Waals surface area contributed by atoms with E-state index in [1.54, 1.807) is 12.1 Å². The number of hydrogen-bond donors (Lipinski definition) is 1. The Balaban J connectivity index is 1.45. The number of carboxylic acid groups (broad SMARTS) is 1. The Morgan fingerprint density at radius 3 is 2.33 bits per heavy atom. The molecule has 0 radical (unpaired) electrons. The number of ether oxygens (including phenoxy) is 1. The van der Waals surface area contributed by atoms with Crippen molar-refractivity contribution < 1.29 is 19.4 Å². The minimum atomic E-state index is -1.01. The first-order valence-electron chi connectivity index (χ1n) is 11.4. The molecule has 2 aromatic carbocycles. The number of aryl methyl sites for hydroxylation is 1. The number of ketones is 1. The summed E-state index contributed by atoms with van der Waals surface area (Å²) in [5.41, 5.74) is 2.07. The van der Waals surface area contributed by atoms with Gasteiger partial charge in [0.05, 0.1) is 5.56 Å². The van der Waals surface area contributed by atoms with Crippen LogP contribution in [0.25, 0.3) is 11.4 Å². The number of Topliss-reactive ketones (excluding diaryl/α,β-unsaturated/α-hetero) is 1. The maximum atomic E-state index is 12.4. The van der Waals surface area contributed by atoms with Gasteiger partial charge in [-0.05, 0) is 53.1 Å². The lowest BCUT2D eigenvalue weighted by Gasteiger charge is -2.08. The second-order valence-electron chi connectivity index (χ2n) is 8.03. The molecule has 33 heavy (non-hydrogen) atoms. The molecule has 0 unspecified atom stereocenters. The van der Waals surface area contributed by atoms with Gasteiger partial charge in [0.2, 0.25) is 0 Å². The van der Waals surface area contributed by atoms with E-state index in [0.717, 1.165) is 6.42 Å². The topological polar surface area (TPSA) is 107 Å². The van der Waals surface area contributed by atoms with Crippen LogP contribution in [0.4, 0.5) is 0 Å². The number of hydrogen-bond acceptors (Lipinski definition) is 6. The molecule has 1 N–H and O–H groups in total. The maximum Gasteiger partial charge on any atom is 0.335 e. The van der Waals surface area contributed by atoms with Crippen LogP contribution in [0, 0.1) is 0 Å². The predicted octanol–water partition coefficient (Wildman–Crippen LogP) is 4.59. The third-order valence-electron chi connectivity index (χ3n) is 5.39. The molecule has 8 heteroatoms. The number of carboxylic acids is 1. The lowest BCUT2D eigenvalue weighted by Crippen LogP contribution is -2.19. The maximum absolute atomic E-state index is 12.4. The monoisotopic (exact) mass is 450 g/mol. The van der Waals surface area contributed by atoms with Crippen molar-refractivity contribution in [2.24, 2.45) is 0 Å². The minimum absolute atomic E-state index is 0.0425. The summed E-state index contributed by atoms with van der Waals surface area (Å²) in [4.78, 5) is 23.4. The quantitative estimate of drug-likeness (QED) is 0.358. The van der Waals surface area contributed by atoms with Gasteiger partial charge in [-0.25, -0.2) is 9.48 Å². The molecule has 3 aromatic rings. The van der Waals surface area contributed by atoms with Crippen LogP contribution >= 0.6 is 0 Å². The zero-order chi connectivity index (χ0) is 23.5. The van der Waals surface area contributed by atoms with Crippen LogP contribution < -0.4 is 4.74 Å². The molecule has 0 aliphatic carbocycles. The van der Waals surface area contributed by atoms with Crippen molar-refractivity contribution in [1.82, 2.24) is 20.2 Å². The Bertz CT molecular complexity index is 1030. The zero-order valence-electron chi connectivity index (χ0n) is 18.9. The number of rotatable bonds is 14. The number of benzene rings is 2. The molecule has 0 saturated carbocycles. The van der Waals surface area contributed by atoms with E-state index in [0.29, 0.717) is 17.1 Å². The van der Waals surface area contributed by atoms with Crippen LogP contribution in [0.3, 0.4) is 0 Å². The van der Waals surface area contributed by atoms with Crippen molar-refractivity contribution in [2.75, 3.05) is 6.61 Å². The van der Waals surface area contributed by atoms with Crippen molar-refractivity contribution in [3.05, 3.63) is 59.7 Å². The summed E-state index contributed by atoms with van der Waals surface area (Å²) < 4.78 is 7.01. The van der Waals surface area contributed by atoms with Gasteiger partial charge in [0.15, 0.2) is 11.6 Å². The molecule has 0 spiro atoms. The zero-order valence-corrected chi connectivity index (χ0v) is 18.9. The molecule has 1 aromatic heterocycles. The van der Waals surface area contributed by atoms with Gasteiger partial charge in [0, 0.05) is 5.56 Å². The highest BCUT2D eigenvalue weighted by Gasteiger charge is 2.14. The molecule has 3 rings (SSSR count). The summed E-state index contributed by atoms with van der Waals surface area (Å²) >= 11 is 0. The number of carbonyl (C=O) groups excluding carboxylic acids is 1. The molecule has 1 heterocycles. The summed E-state index contributed by atoms with van der Waals surface area (Å²) in [6.45, 7) is 2.09. The van der Waals surface area contributed by atoms with E-state index in [1.165, 1.54) is 60.9 Å². The van der Waals surface area contributed by atoms with E-state index >= 15 is 0 Å². The molecule has 0 atom stereocenters. The van der Waals surface area contributed by atoms with E-state index in [9.17, 15) is 9.59 Å². The highest BCUT2D eigenvalue weighted by atomic mass is 16.5. The Hall–Kier alpha value is -3.55. The van der Waals surface area contributed by atoms with Crippen molar-refractivity contribution in [1.29, 1.82) is 0 Å². The van der Waals surface area contributed by atoms with Crippen molar-refractivity contribution in [3.63, 3.8) is 0 Å². The first kappa shape index (κ1) is 24.1. The number of tetrazole rings is 1. The van der Waals surface area contributed by atoms with E-state index in [2.05, 4.69) is 22.4 Å². The molecule has 0 bridgehead atoms. The van der Waals surface area contributed by atoms with Crippen LogP contribution in [0.1, 0.15) is 61.4 Å².